The van der Waals surface area contributed by atoms with Crippen molar-refractivity contribution in [3.63, 3.8) is 0 Å². The molecule has 0 aliphatic carbocycles. The van der Waals surface area contributed by atoms with Crippen LogP contribution in [0.3, 0.4) is 0 Å². The average molecular weight is 597 g/mol. The second-order valence-electron chi connectivity index (χ2n) is 11.6. The molecule has 0 aliphatic rings. The smallest absolute Gasteiger partial charge is 0.238 e. The zero-order chi connectivity index (χ0) is 30.8. The number of nitrogens with zero attached hydrogens (tertiary/aromatic N) is 4. The molecule has 4 aromatic heterocycles. The van der Waals surface area contributed by atoms with Gasteiger partial charge in [0.15, 0.2) is 11.6 Å². The van der Waals surface area contributed by atoms with Crippen molar-refractivity contribution < 1.29 is 8.83 Å². The first-order chi connectivity index (χ1) is 22.7. The summed E-state index contributed by atoms with van der Waals surface area (Å²) in [5.74, 6) is 2.68. The Balaban J connectivity index is 1.31. The molecule has 6 heteroatoms. The highest BCUT2D eigenvalue weighted by Gasteiger charge is 2.21. The maximum atomic E-state index is 6.42. The average Bonchev–Trinajstić information content (AvgIpc) is 3.74. The molecule has 0 saturated heterocycles. The van der Waals surface area contributed by atoms with Crippen LogP contribution in [0.1, 0.15) is 18.2 Å². The molecule has 0 N–H and O–H groups in total. The molecule has 0 amide bonds. The van der Waals surface area contributed by atoms with Gasteiger partial charge in [0.1, 0.15) is 22.5 Å². The molecule has 0 fully saturated rings. The molecule has 0 saturated carbocycles. The van der Waals surface area contributed by atoms with Gasteiger partial charge in [0, 0.05) is 50.5 Å². The Labute approximate surface area is 264 Å². The van der Waals surface area contributed by atoms with Gasteiger partial charge >= 0.3 is 0 Å². The van der Waals surface area contributed by atoms with Gasteiger partial charge in [-0.05, 0) is 49.7 Å². The Hall–Kier alpha value is -6.01. The topological polar surface area (TPSA) is 69.9 Å². The molecular weight excluding hydrogens is 568 g/mol. The van der Waals surface area contributed by atoms with Crippen molar-refractivity contribution in [1.82, 2.24) is 19.5 Å². The van der Waals surface area contributed by atoms with Crippen LogP contribution in [-0.4, -0.2) is 19.5 Å². The number of benzene rings is 5. The molecular formula is C40H28N4O2. The normalized spacial score (nSPS) is 12.1. The molecule has 0 spiro atoms. The molecule has 220 valence electrons. The molecule has 0 unspecified atom stereocenters. The molecule has 0 bridgehead atoms. The van der Waals surface area contributed by atoms with Crippen molar-refractivity contribution in [2.75, 3.05) is 0 Å². The van der Waals surface area contributed by atoms with E-state index in [0.29, 0.717) is 17.6 Å². The van der Waals surface area contributed by atoms with Gasteiger partial charge in [-0.1, -0.05) is 84.9 Å². The van der Waals surface area contributed by atoms with Crippen molar-refractivity contribution >= 4 is 54.7 Å². The van der Waals surface area contributed by atoms with Gasteiger partial charge < -0.3 is 8.83 Å². The summed E-state index contributed by atoms with van der Waals surface area (Å²) in [4.78, 5) is 15.2. The molecule has 9 rings (SSSR count). The van der Waals surface area contributed by atoms with E-state index in [2.05, 4.69) is 78.2 Å². The standard InChI is InChI=1S/C40H28N4O2/c1-3-4-17-34-24(2)30-22-31-27-14-8-10-16-32(27)44(33(31)23-37(30)45-34)40-42-38(25-12-6-5-7-13-25)41-39(43-40)26-19-20-29-28-15-9-11-18-35(28)46-36(29)21-26/h3-16,18-23H,17H2,1-2H3/b4-3-. The number of rotatable bonds is 5. The first-order valence-corrected chi connectivity index (χ1v) is 15.5. The summed E-state index contributed by atoms with van der Waals surface area (Å²) in [6, 6.07) is 37.1. The Kier molecular flexibility index (Phi) is 5.90. The molecule has 6 nitrogen and oxygen atoms in total. The lowest BCUT2D eigenvalue weighted by atomic mass is 10.1. The lowest BCUT2D eigenvalue weighted by Crippen LogP contribution is -2.06. The fraction of sp³-hybridized carbons (Fsp3) is 0.0750. The third-order valence-corrected chi connectivity index (χ3v) is 8.86. The van der Waals surface area contributed by atoms with Crippen LogP contribution >= 0.6 is 0 Å². The van der Waals surface area contributed by atoms with E-state index >= 15 is 0 Å². The second kappa shape index (κ2) is 10.3. The van der Waals surface area contributed by atoms with Crippen LogP contribution in [0.15, 0.2) is 130 Å². The molecule has 46 heavy (non-hydrogen) atoms. The van der Waals surface area contributed by atoms with Crippen LogP contribution in [-0.2, 0) is 6.42 Å². The number of hydrogen-bond acceptors (Lipinski definition) is 5. The van der Waals surface area contributed by atoms with Gasteiger partial charge in [0.05, 0.1) is 11.0 Å². The van der Waals surface area contributed by atoms with Gasteiger partial charge in [-0.25, -0.2) is 4.98 Å². The summed E-state index contributed by atoms with van der Waals surface area (Å²) in [5.41, 5.74) is 7.42. The van der Waals surface area contributed by atoms with Crippen LogP contribution in [0.25, 0.3) is 83.4 Å². The van der Waals surface area contributed by atoms with Gasteiger partial charge in [0.25, 0.3) is 0 Å². The van der Waals surface area contributed by atoms with Crippen molar-refractivity contribution in [2.45, 2.75) is 20.3 Å². The van der Waals surface area contributed by atoms with Gasteiger partial charge in [-0.15, -0.1) is 0 Å². The first kappa shape index (κ1) is 26.4. The third kappa shape index (κ3) is 4.07. The summed E-state index contributed by atoms with van der Waals surface area (Å²) < 4.78 is 14.8. The van der Waals surface area contributed by atoms with Crippen molar-refractivity contribution in [2.24, 2.45) is 0 Å². The Morgan fingerprint density at radius 2 is 1.30 bits per heavy atom. The maximum Gasteiger partial charge on any atom is 0.238 e. The highest BCUT2D eigenvalue weighted by Crippen LogP contribution is 2.38. The van der Waals surface area contributed by atoms with Crippen LogP contribution in [0.4, 0.5) is 0 Å². The highest BCUT2D eigenvalue weighted by molar-refractivity contribution is 6.13. The Morgan fingerprint density at radius 1 is 0.587 bits per heavy atom. The van der Waals surface area contributed by atoms with Crippen molar-refractivity contribution in [1.29, 1.82) is 0 Å². The first-order valence-electron chi connectivity index (χ1n) is 15.5. The van der Waals surface area contributed by atoms with Crippen LogP contribution < -0.4 is 0 Å². The van der Waals surface area contributed by atoms with Gasteiger partial charge in [-0.3, -0.25) is 4.57 Å². The van der Waals surface area contributed by atoms with E-state index in [0.717, 1.165) is 78.0 Å². The summed E-state index contributed by atoms with van der Waals surface area (Å²) in [6.07, 6.45) is 4.94. The minimum absolute atomic E-state index is 0.538. The van der Waals surface area contributed by atoms with Crippen molar-refractivity contribution in [3.05, 3.63) is 133 Å². The molecule has 5 aromatic carbocycles. The number of fused-ring (bicyclic) bond motifs is 7. The third-order valence-electron chi connectivity index (χ3n) is 8.86. The zero-order valence-corrected chi connectivity index (χ0v) is 25.4. The van der Waals surface area contributed by atoms with Crippen LogP contribution in [0.5, 0.6) is 0 Å². The monoisotopic (exact) mass is 596 g/mol. The SMILES string of the molecule is C/C=C\Cc1oc2cc3c(cc2c1C)c1ccccc1n3-c1nc(-c2ccccc2)nc(-c2ccc3c(c2)oc2ccccc23)n1. The van der Waals surface area contributed by atoms with Crippen LogP contribution in [0.2, 0.25) is 0 Å². The molecule has 0 radical (unpaired) electrons. The fourth-order valence-electron chi connectivity index (χ4n) is 6.54. The molecule has 4 heterocycles. The number of para-hydroxylation sites is 2. The van der Waals surface area contributed by atoms with E-state index in [1.807, 2.05) is 61.5 Å². The lowest BCUT2D eigenvalue weighted by Gasteiger charge is -2.11. The largest absolute Gasteiger partial charge is 0.460 e. The maximum absolute atomic E-state index is 6.42. The fourth-order valence-corrected chi connectivity index (χ4v) is 6.54. The predicted molar refractivity (Wildman–Crippen MR) is 185 cm³/mol. The van der Waals surface area contributed by atoms with E-state index in [-0.39, 0.29) is 0 Å². The number of hydrogen-bond donors (Lipinski definition) is 0. The Bertz CT molecular complexity index is 2640. The minimum atomic E-state index is 0.538. The van der Waals surface area contributed by atoms with E-state index in [1.165, 1.54) is 5.56 Å². The van der Waals surface area contributed by atoms with E-state index in [4.69, 9.17) is 23.8 Å². The van der Waals surface area contributed by atoms with Crippen LogP contribution in [0, 0.1) is 6.92 Å². The number of allylic oxidation sites excluding steroid dienone is 2. The predicted octanol–water partition coefficient (Wildman–Crippen LogP) is 10.4. The van der Waals surface area contributed by atoms with Gasteiger partial charge in [0.2, 0.25) is 5.95 Å². The molecule has 9 aromatic rings. The number of aryl methyl sites for hydroxylation is 1. The van der Waals surface area contributed by atoms with E-state index < -0.39 is 0 Å². The minimum Gasteiger partial charge on any atom is -0.460 e. The van der Waals surface area contributed by atoms with E-state index in [1.54, 1.807) is 0 Å². The van der Waals surface area contributed by atoms with Gasteiger partial charge in [-0.2, -0.15) is 9.97 Å². The highest BCUT2D eigenvalue weighted by atomic mass is 16.3. The zero-order valence-electron chi connectivity index (χ0n) is 25.4. The summed E-state index contributed by atoms with van der Waals surface area (Å²) >= 11 is 0. The quantitative estimate of drug-likeness (QED) is 0.185. The van der Waals surface area contributed by atoms with E-state index in [9.17, 15) is 0 Å². The Morgan fingerprint density at radius 3 is 2.15 bits per heavy atom. The molecule has 0 atom stereocenters. The summed E-state index contributed by atoms with van der Waals surface area (Å²) in [6.45, 7) is 4.17. The molecule has 0 aliphatic heterocycles. The number of furan rings is 2. The number of aromatic nitrogens is 4. The lowest BCUT2D eigenvalue weighted by molar-refractivity contribution is 0.562. The van der Waals surface area contributed by atoms with Crippen molar-refractivity contribution in [3.8, 4) is 28.7 Å². The summed E-state index contributed by atoms with van der Waals surface area (Å²) in [7, 11) is 0. The second-order valence-corrected chi connectivity index (χ2v) is 11.6. The summed E-state index contributed by atoms with van der Waals surface area (Å²) in [5, 5.41) is 5.52.